The van der Waals surface area contributed by atoms with Crippen LogP contribution >= 0.6 is 0 Å². The number of nitrogen functional groups attached to an aromatic ring is 1. The van der Waals surface area contributed by atoms with Gasteiger partial charge in [0.2, 0.25) is 0 Å². The van der Waals surface area contributed by atoms with E-state index in [1.54, 1.807) is 0 Å². The minimum Gasteiger partial charge on any atom is -0.370 e. The lowest BCUT2D eigenvalue weighted by Gasteiger charge is -2.29. The molecule has 1 aromatic heterocycles. The maximum atomic E-state index is 5.30. The predicted octanol–water partition coefficient (Wildman–Crippen LogP) is 0.516. The summed E-state index contributed by atoms with van der Waals surface area (Å²) < 4.78 is 0. The van der Waals surface area contributed by atoms with Crippen molar-refractivity contribution in [3.63, 3.8) is 0 Å². The van der Waals surface area contributed by atoms with Gasteiger partial charge in [-0.2, -0.15) is 0 Å². The molecule has 1 unspecified atom stereocenters. The van der Waals surface area contributed by atoms with E-state index in [1.165, 1.54) is 25.7 Å². The number of hydrogen-bond donors (Lipinski definition) is 3. The van der Waals surface area contributed by atoms with E-state index in [-0.39, 0.29) is 0 Å². The van der Waals surface area contributed by atoms with E-state index in [0.717, 1.165) is 18.9 Å². The number of nitrogens with zero attached hydrogens (tertiary/aromatic N) is 3. The molecule has 1 aliphatic heterocycles. The molecule has 2 heterocycles. The van der Waals surface area contributed by atoms with Crippen LogP contribution in [-0.2, 0) is 0 Å². The van der Waals surface area contributed by atoms with Crippen molar-refractivity contribution in [3.8, 4) is 0 Å². The van der Waals surface area contributed by atoms with Crippen LogP contribution in [0, 0.1) is 5.92 Å². The molecular weight excluding hydrogens is 216 g/mol. The molecule has 1 aliphatic rings. The number of hydrazine groups is 1. The lowest BCUT2D eigenvalue weighted by Crippen LogP contribution is -2.35. The first kappa shape index (κ1) is 12.1. The first-order valence-corrected chi connectivity index (χ1v) is 5.99. The molecular formula is C11H20N6. The van der Waals surface area contributed by atoms with Crippen molar-refractivity contribution in [1.29, 1.82) is 0 Å². The Morgan fingerprint density at radius 1 is 1.47 bits per heavy atom. The van der Waals surface area contributed by atoms with Crippen molar-refractivity contribution < 1.29 is 0 Å². The van der Waals surface area contributed by atoms with Crippen LogP contribution in [0.25, 0.3) is 0 Å². The number of likely N-dealkylation sites (tertiary alicyclic amines) is 1. The third kappa shape index (κ3) is 3.54. The minimum absolute atomic E-state index is 0.628. The van der Waals surface area contributed by atoms with Crippen LogP contribution in [0.3, 0.4) is 0 Å². The zero-order valence-corrected chi connectivity index (χ0v) is 10.2. The Bertz CT molecular complexity index is 356. The van der Waals surface area contributed by atoms with Crippen LogP contribution in [0.5, 0.6) is 0 Å². The van der Waals surface area contributed by atoms with Crippen molar-refractivity contribution in [3.05, 3.63) is 12.4 Å². The van der Waals surface area contributed by atoms with Gasteiger partial charge in [-0.1, -0.05) is 0 Å². The Morgan fingerprint density at radius 2 is 2.29 bits per heavy atom. The van der Waals surface area contributed by atoms with E-state index in [9.17, 15) is 0 Å². The van der Waals surface area contributed by atoms with Gasteiger partial charge in [-0.05, 0) is 32.4 Å². The summed E-state index contributed by atoms with van der Waals surface area (Å²) in [6.07, 6.45) is 4.07. The summed E-state index contributed by atoms with van der Waals surface area (Å²) in [5.41, 5.74) is 2.51. The molecule has 1 fully saturated rings. The SMILES string of the molecule is CN1CCCC(CNc2cc(NN)ncn2)C1. The molecule has 6 nitrogen and oxygen atoms in total. The average Bonchev–Trinajstić information content (AvgIpc) is 2.37. The van der Waals surface area contributed by atoms with E-state index in [1.807, 2.05) is 6.07 Å². The molecule has 6 heteroatoms. The number of aromatic nitrogens is 2. The Balaban J connectivity index is 1.84. The quantitative estimate of drug-likeness (QED) is 0.522. The van der Waals surface area contributed by atoms with E-state index < -0.39 is 0 Å². The number of rotatable bonds is 4. The second kappa shape index (κ2) is 5.79. The fourth-order valence-corrected chi connectivity index (χ4v) is 2.22. The second-order valence-electron chi connectivity index (χ2n) is 4.58. The number of piperidine rings is 1. The summed E-state index contributed by atoms with van der Waals surface area (Å²) in [6, 6.07) is 1.81. The molecule has 4 N–H and O–H groups in total. The maximum Gasteiger partial charge on any atom is 0.145 e. The molecule has 0 amide bonds. The molecule has 94 valence electrons. The normalized spacial score (nSPS) is 21.2. The maximum absolute atomic E-state index is 5.30. The molecule has 0 spiro atoms. The molecule has 1 atom stereocenters. The summed E-state index contributed by atoms with van der Waals surface area (Å²) in [7, 11) is 2.17. The third-order valence-electron chi connectivity index (χ3n) is 3.11. The molecule has 0 radical (unpaired) electrons. The largest absolute Gasteiger partial charge is 0.370 e. The zero-order valence-electron chi connectivity index (χ0n) is 10.2. The van der Waals surface area contributed by atoms with Gasteiger partial charge in [0.15, 0.2) is 0 Å². The smallest absolute Gasteiger partial charge is 0.145 e. The first-order chi connectivity index (χ1) is 8.28. The van der Waals surface area contributed by atoms with Crippen LogP contribution in [-0.4, -0.2) is 41.5 Å². The summed E-state index contributed by atoms with van der Waals surface area (Å²) in [6.45, 7) is 3.32. The van der Waals surface area contributed by atoms with Gasteiger partial charge in [0.25, 0.3) is 0 Å². The van der Waals surface area contributed by atoms with Crippen molar-refractivity contribution >= 4 is 11.6 Å². The van der Waals surface area contributed by atoms with E-state index in [0.29, 0.717) is 11.7 Å². The highest BCUT2D eigenvalue weighted by atomic mass is 15.3. The van der Waals surface area contributed by atoms with Gasteiger partial charge in [-0.15, -0.1) is 0 Å². The van der Waals surface area contributed by atoms with Gasteiger partial charge in [-0.3, -0.25) is 0 Å². The van der Waals surface area contributed by atoms with Crippen LogP contribution in [0.2, 0.25) is 0 Å². The second-order valence-corrected chi connectivity index (χ2v) is 4.58. The van der Waals surface area contributed by atoms with Crippen LogP contribution < -0.4 is 16.6 Å². The standard InChI is InChI=1S/C11H20N6/c1-17-4-2-3-9(7-17)6-13-10-5-11(16-12)15-8-14-10/h5,8-9H,2-4,6-7,12H2,1H3,(H2,13,14,15,16). The van der Waals surface area contributed by atoms with Crippen LogP contribution in [0.4, 0.5) is 11.6 Å². The molecule has 1 aromatic rings. The fourth-order valence-electron chi connectivity index (χ4n) is 2.22. The van der Waals surface area contributed by atoms with Gasteiger partial charge >= 0.3 is 0 Å². The van der Waals surface area contributed by atoms with Gasteiger partial charge in [0, 0.05) is 19.2 Å². The predicted molar refractivity (Wildman–Crippen MR) is 68.6 cm³/mol. The van der Waals surface area contributed by atoms with Gasteiger partial charge in [0.1, 0.15) is 18.0 Å². The van der Waals surface area contributed by atoms with Crippen LogP contribution in [0.1, 0.15) is 12.8 Å². The highest BCUT2D eigenvalue weighted by Crippen LogP contribution is 2.16. The Labute approximate surface area is 102 Å². The molecule has 1 saturated heterocycles. The topological polar surface area (TPSA) is 79.1 Å². The summed E-state index contributed by atoms with van der Waals surface area (Å²) in [4.78, 5) is 10.5. The molecule has 2 rings (SSSR count). The zero-order chi connectivity index (χ0) is 12.1. The lowest BCUT2D eigenvalue weighted by molar-refractivity contribution is 0.217. The van der Waals surface area contributed by atoms with E-state index >= 15 is 0 Å². The van der Waals surface area contributed by atoms with Gasteiger partial charge in [-0.25, -0.2) is 15.8 Å². The van der Waals surface area contributed by atoms with Crippen molar-refractivity contribution in [2.75, 3.05) is 37.4 Å². The van der Waals surface area contributed by atoms with Gasteiger partial charge < -0.3 is 15.6 Å². The number of anilines is 2. The van der Waals surface area contributed by atoms with Gasteiger partial charge in [0.05, 0.1) is 0 Å². The Hall–Kier alpha value is -1.40. The Morgan fingerprint density at radius 3 is 3.06 bits per heavy atom. The lowest BCUT2D eigenvalue weighted by atomic mass is 9.98. The van der Waals surface area contributed by atoms with Crippen molar-refractivity contribution in [1.82, 2.24) is 14.9 Å². The third-order valence-corrected chi connectivity index (χ3v) is 3.11. The number of hydrogen-bond acceptors (Lipinski definition) is 6. The summed E-state index contributed by atoms with van der Waals surface area (Å²) in [5.74, 6) is 7.44. The summed E-state index contributed by atoms with van der Waals surface area (Å²) >= 11 is 0. The highest BCUT2D eigenvalue weighted by molar-refractivity contribution is 5.45. The molecule has 0 aromatic carbocycles. The van der Waals surface area contributed by atoms with E-state index in [4.69, 9.17) is 5.84 Å². The molecule has 0 saturated carbocycles. The van der Waals surface area contributed by atoms with Crippen molar-refractivity contribution in [2.45, 2.75) is 12.8 Å². The molecule has 0 bridgehead atoms. The fraction of sp³-hybridized carbons (Fsp3) is 0.636. The monoisotopic (exact) mass is 236 g/mol. The van der Waals surface area contributed by atoms with Crippen LogP contribution in [0.15, 0.2) is 12.4 Å². The van der Waals surface area contributed by atoms with Crippen molar-refractivity contribution in [2.24, 2.45) is 11.8 Å². The first-order valence-electron chi connectivity index (χ1n) is 5.99. The number of nitrogens with two attached hydrogens (primary N) is 1. The molecule has 17 heavy (non-hydrogen) atoms. The average molecular weight is 236 g/mol. The minimum atomic E-state index is 0.628. The Kier molecular flexibility index (Phi) is 4.11. The number of nitrogens with one attached hydrogen (secondary N) is 2. The highest BCUT2D eigenvalue weighted by Gasteiger charge is 2.16. The summed E-state index contributed by atoms with van der Waals surface area (Å²) in [5, 5.41) is 3.34. The van der Waals surface area contributed by atoms with E-state index in [2.05, 4.69) is 32.7 Å². The molecule has 0 aliphatic carbocycles.